The van der Waals surface area contributed by atoms with Crippen molar-refractivity contribution in [3.05, 3.63) is 48.3 Å². The lowest BCUT2D eigenvalue weighted by Gasteiger charge is -2.08. The highest BCUT2D eigenvalue weighted by Gasteiger charge is 2.10. The van der Waals surface area contributed by atoms with Crippen LogP contribution in [-0.4, -0.2) is 17.1 Å². The van der Waals surface area contributed by atoms with Crippen LogP contribution in [0.1, 0.15) is 0 Å². The van der Waals surface area contributed by atoms with Gasteiger partial charge in [-0.05, 0) is 17.5 Å². The minimum atomic E-state index is -0.265. The van der Waals surface area contributed by atoms with Crippen molar-refractivity contribution in [2.45, 2.75) is 0 Å². The van der Waals surface area contributed by atoms with E-state index in [1.165, 1.54) is 13.2 Å². The first-order valence-corrected chi connectivity index (χ1v) is 6.05. The summed E-state index contributed by atoms with van der Waals surface area (Å²) in [5.41, 5.74) is 7.06. The predicted octanol–water partition coefficient (Wildman–Crippen LogP) is 3.45. The Balaban J connectivity index is 0.00000161. The molecule has 0 fully saturated rings. The van der Waals surface area contributed by atoms with Crippen LogP contribution in [-0.2, 0) is 0 Å². The smallest absolute Gasteiger partial charge is 0.223 e. The molecule has 0 aliphatic carbocycles. The number of fused-ring (bicyclic) bond motifs is 1. The SMILES string of the molecule is COc1cc(-c2ccc(F)c3ccccc23)nc(N)n1.Cl. The van der Waals surface area contributed by atoms with Crippen LogP contribution in [0.15, 0.2) is 42.5 Å². The van der Waals surface area contributed by atoms with E-state index in [1.807, 2.05) is 12.1 Å². The van der Waals surface area contributed by atoms with E-state index in [0.29, 0.717) is 17.0 Å². The van der Waals surface area contributed by atoms with Gasteiger partial charge in [-0.3, -0.25) is 0 Å². The molecule has 0 saturated carbocycles. The molecule has 0 bridgehead atoms. The zero-order valence-electron chi connectivity index (χ0n) is 11.2. The molecule has 3 rings (SSSR count). The molecule has 0 atom stereocenters. The van der Waals surface area contributed by atoms with Crippen molar-refractivity contribution in [1.29, 1.82) is 0 Å². The third-order valence-corrected chi connectivity index (χ3v) is 3.08. The van der Waals surface area contributed by atoms with Crippen LogP contribution >= 0.6 is 12.4 Å². The number of hydrogen-bond acceptors (Lipinski definition) is 4. The number of halogens is 2. The topological polar surface area (TPSA) is 61.0 Å². The summed E-state index contributed by atoms with van der Waals surface area (Å²) >= 11 is 0. The number of nitrogens with zero attached hydrogens (tertiary/aromatic N) is 2. The van der Waals surface area contributed by atoms with Gasteiger partial charge in [0.05, 0.1) is 12.8 Å². The van der Waals surface area contributed by atoms with E-state index >= 15 is 0 Å². The number of rotatable bonds is 2. The number of nitrogen functional groups attached to an aromatic ring is 1. The Morgan fingerprint density at radius 2 is 1.76 bits per heavy atom. The molecule has 3 aromatic rings. The monoisotopic (exact) mass is 305 g/mol. The summed E-state index contributed by atoms with van der Waals surface area (Å²) in [5, 5.41) is 1.31. The summed E-state index contributed by atoms with van der Waals surface area (Å²) in [6, 6.07) is 12.0. The van der Waals surface area contributed by atoms with Crippen LogP contribution in [0.25, 0.3) is 22.0 Å². The third-order valence-electron chi connectivity index (χ3n) is 3.08. The van der Waals surface area contributed by atoms with Gasteiger partial charge in [0.15, 0.2) is 0 Å². The van der Waals surface area contributed by atoms with Crippen molar-refractivity contribution >= 4 is 29.1 Å². The first-order valence-electron chi connectivity index (χ1n) is 6.05. The van der Waals surface area contributed by atoms with Crippen LogP contribution in [0.2, 0.25) is 0 Å². The summed E-state index contributed by atoms with van der Waals surface area (Å²) in [4.78, 5) is 8.14. The number of methoxy groups -OCH3 is 1. The number of ether oxygens (including phenoxy) is 1. The van der Waals surface area contributed by atoms with Crippen LogP contribution in [0, 0.1) is 5.82 Å². The molecule has 2 aromatic carbocycles. The van der Waals surface area contributed by atoms with Gasteiger partial charge in [0.2, 0.25) is 11.8 Å². The average molecular weight is 306 g/mol. The Bertz CT molecular complexity index is 795. The minimum absolute atomic E-state index is 0. The lowest BCUT2D eigenvalue weighted by atomic mass is 10.0. The highest BCUT2D eigenvalue weighted by molar-refractivity contribution is 5.96. The highest BCUT2D eigenvalue weighted by atomic mass is 35.5. The third kappa shape index (κ3) is 2.73. The number of hydrogen-bond donors (Lipinski definition) is 1. The second-order valence-electron chi connectivity index (χ2n) is 4.29. The van der Waals surface area contributed by atoms with Crippen molar-refractivity contribution < 1.29 is 9.13 Å². The molecule has 21 heavy (non-hydrogen) atoms. The molecule has 6 heteroatoms. The van der Waals surface area contributed by atoms with Crippen LogP contribution in [0.5, 0.6) is 5.88 Å². The predicted molar refractivity (Wildman–Crippen MR) is 83.1 cm³/mol. The van der Waals surface area contributed by atoms with Crippen molar-refractivity contribution in [3.63, 3.8) is 0 Å². The molecule has 4 nitrogen and oxygen atoms in total. The Morgan fingerprint density at radius 3 is 2.48 bits per heavy atom. The first kappa shape index (κ1) is 15.0. The maximum absolute atomic E-state index is 13.8. The Hall–Kier alpha value is -2.40. The maximum Gasteiger partial charge on any atom is 0.223 e. The molecule has 0 saturated heterocycles. The van der Waals surface area contributed by atoms with E-state index in [4.69, 9.17) is 10.5 Å². The summed E-state index contributed by atoms with van der Waals surface area (Å²) in [7, 11) is 1.51. The first-order chi connectivity index (χ1) is 9.69. The summed E-state index contributed by atoms with van der Waals surface area (Å²) < 4.78 is 18.9. The van der Waals surface area contributed by atoms with Gasteiger partial charge in [0, 0.05) is 17.0 Å². The molecule has 0 radical (unpaired) electrons. The zero-order chi connectivity index (χ0) is 14.1. The van der Waals surface area contributed by atoms with Crippen LogP contribution in [0.3, 0.4) is 0 Å². The Morgan fingerprint density at radius 1 is 1.05 bits per heavy atom. The maximum atomic E-state index is 13.8. The highest BCUT2D eigenvalue weighted by Crippen LogP contribution is 2.30. The van der Waals surface area contributed by atoms with Gasteiger partial charge in [0.25, 0.3) is 0 Å². The quantitative estimate of drug-likeness (QED) is 0.787. The number of benzene rings is 2. The standard InChI is InChI=1S/C15H12FN3O.ClH/c1-20-14-8-13(18-15(17)19-14)11-6-7-12(16)10-5-3-2-4-9(10)11;/h2-8H,1H3,(H2,17,18,19);1H. The molecule has 0 amide bonds. The molecule has 1 aromatic heterocycles. The minimum Gasteiger partial charge on any atom is -0.481 e. The van der Waals surface area contributed by atoms with Gasteiger partial charge in [-0.1, -0.05) is 24.3 Å². The average Bonchev–Trinajstić information content (AvgIpc) is 2.47. The van der Waals surface area contributed by atoms with Gasteiger partial charge in [-0.2, -0.15) is 4.98 Å². The van der Waals surface area contributed by atoms with Gasteiger partial charge < -0.3 is 10.5 Å². The Kier molecular flexibility index (Phi) is 4.23. The fourth-order valence-corrected chi connectivity index (χ4v) is 2.17. The molecule has 2 N–H and O–H groups in total. The van der Waals surface area contributed by atoms with Crippen LogP contribution in [0.4, 0.5) is 10.3 Å². The molecule has 0 aliphatic heterocycles. The van der Waals surface area contributed by atoms with Gasteiger partial charge in [0.1, 0.15) is 5.82 Å². The molecular weight excluding hydrogens is 293 g/mol. The molecule has 0 aliphatic rings. The normalized spacial score (nSPS) is 10.2. The van der Waals surface area contributed by atoms with Gasteiger partial charge >= 0.3 is 0 Å². The summed E-state index contributed by atoms with van der Waals surface area (Å²) in [5.74, 6) is 0.229. The summed E-state index contributed by atoms with van der Waals surface area (Å²) in [6.45, 7) is 0. The van der Waals surface area contributed by atoms with E-state index in [1.54, 1.807) is 24.3 Å². The van der Waals surface area contributed by atoms with Crippen molar-refractivity contribution in [2.24, 2.45) is 0 Å². The molecule has 1 heterocycles. The molecule has 108 valence electrons. The fraction of sp³-hybridized carbons (Fsp3) is 0.0667. The fourth-order valence-electron chi connectivity index (χ4n) is 2.17. The lowest BCUT2D eigenvalue weighted by Crippen LogP contribution is -1.99. The van der Waals surface area contributed by atoms with E-state index in [2.05, 4.69) is 9.97 Å². The largest absolute Gasteiger partial charge is 0.481 e. The Labute approximate surface area is 127 Å². The molecule has 0 unspecified atom stereocenters. The second-order valence-corrected chi connectivity index (χ2v) is 4.29. The number of aromatic nitrogens is 2. The van der Waals surface area contributed by atoms with Crippen LogP contribution < -0.4 is 10.5 Å². The van der Waals surface area contributed by atoms with E-state index in [-0.39, 0.29) is 24.2 Å². The summed E-state index contributed by atoms with van der Waals surface area (Å²) in [6.07, 6.45) is 0. The molecular formula is C15H13ClFN3O. The lowest BCUT2D eigenvalue weighted by molar-refractivity contribution is 0.398. The second kappa shape index (κ2) is 5.93. The van der Waals surface area contributed by atoms with Gasteiger partial charge in [-0.15, -0.1) is 12.4 Å². The number of anilines is 1. The van der Waals surface area contributed by atoms with Crippen molar-refractivity contribution in [2.75, 3.05) is 12.8 Å². The van der Waals surface area contributed by atoms with Gasteiger partial charge in [-0.25, -0.2) is 9.37 Å². The van der Waals surface area contributed by atoms with E-state index in [0.717, 1.165) is 10.9 Å². The number of nitrogens with two attached hydrogens (primary N) is 1. The van der Waals surface area contributed by atoms with E-state index < -0.39 is 0 Å². The zero-order valence-corrected chi connectivity index (χ0v) is 12.0. The van der Waals surface area contributed by atoms with E-state index in [9.17, 15) is 4.39 Å². The van der Waals surface area contributed by atoms with Crippen molar-refractivity contribution in [1.82, 2.24) is 9.97 Å². The van der Waals surface area contributed by atoms with Crippen molar-refractivity contribution in [3.8, 4) is 17.1 Å². The molecule has 0 spiro atoms.